The summed E-state index contributed by atoms with van der Waals surface area (Å²) < 4.78 is 76.8. The number of halogens is 6. The fourth-order valence-electron chi connectivity index (χ4n) is 2.58. The predicted octanol–water partition coefficient (Wildman–Crippen LogP) is 4.90. The van der Waals surface area contributed by atoms with Gasteiger partial charge in [-0.05, 0) is 36.8 Å². The van der Waals surface area contributed by atoms with Crippen LogP contribution in [0.4, 0.5) is 26.3 Å². The number of pyridine rings is 2. The smallest absolute Gasteiger partial charge is 0.373 e. The van der Waals surface area contributed by atoms with Crippen molar-refractivity contribution in [1.29, 1.82) is 0 Å². The maximum atomic E-state index is 12.8. The third-order valence-corrected chi connectivity index (χ3v) is 4.37. The molecule has 0 unspecified atom stereocenters. The van der Waals surface area contributed by atoms with Gasteiger partial charge in [-0.25, -0.2) is 0 Å². The number of rotatable bonds is 6. The van der Waals surface area contributed by atoms with Crippen LogP contribution in [0, 0.1) is 0 Å². The van der Waals surface area contributed by atoms with Gasteiger partial charge in [0.1, 0.15) is 11.4 Å². The van der Waals surface area contributed by atoms with Crippen LogP contribution in [0.5, 0.6) is 0 Å². The highest BCUT2D eigenvalue weighted by atomic mass is 19.4. The van der Waals surface area contributed by atoms with Crippen LogP contribution in [0.3, 0.4) is 0 Å². The van der Waals surface area contributed by atoms with E-state index in [9.17, 15) is 31.1 Å². The lowest BCUT2D eigenvalue weighted by molar-refractivity contribution is -0.141. The number of likely N-dealkylation sites (N-methyl/N-ethyl adjacent to an activating group) is 1. The molecule has 1 N–H and O–H groups in total. The molecule has 2 aromatic heterocycles. The second-order valence-electron chi connectivity index (χ2n) is 7.05. The number of carbonyl (C=O) groups excluding carboxylic acids is 1. The molecule has 2 heterocycles. The molecule has 5 nitrogen and oxygen atoms in total. The summed E-state index contributed by atoms with van der Waals surface area (Å²) >= 11 is 0. The Morgan fingerprint density at radius 2 is 1.78 bits per heavy atom. The van der Waals surface area contributed by atoms with E-state index in [4.69, 9.17) is 0 Å². The number of carbonyl (C=O) groups is 1. The molecule has 11 heteroatoms. The van der Waals surface area contributed by atoms with E-state index in [-0.39, 0.29) is 17.0 Å². The molecule has 0 aliphatic heterocycles. The van der Waals surface area contributed by atoms with Gasteiger partial charge in [0.15, 0.2) is 0 Å². The number of hydrogen-bond donors (Lipinski definition) is 1. The summed E-state index contributed by atoms with van der Waals surface area (Å²) in [5.41, 5.74) is -1.51. The van der Waals surface area contributed by atoms with E-state index >= 15 is 0 Å². The second-order valence-corrected chi connectivity index (χ2v) is 7.05. The summed E-state index contributed by atoms with van der Waals surface area (Å²) in [6.45, 7) is 4.53. The molecule has 0 bridgehead atoms. The molecule has 172 valence electrons. The molecular formula is C21H20F6N4O. The lowest BCUT2D eigenvalue weighted by Gasteiger charge is -2.21. The van der Waals surface area contributed by atoms with E-state index in [2.05, 4.69) is 21.9 Å². The van der Waals surface area contributed by atoms with Gasteiger partial charge in [0, 0.05) is 32.1 Å². The first kappa shape index (κ1) is 24.9. The maximum Gasteiger partial charge on any atom is 0.433 e. The van der Waals surface area contributed by atoms with Crippen LogP contribution >= 0.6 is 0 Å². The largest absolute Gasteiger partial charge is 0.433 e. The summed E-state index contributed by atoms with van der Waals surface area (Å²) in [6.07, 6.45) is -6.23. The third kappa shape index (κ3) is 6.32. The van der Waals surface area contributed by atoms with Gasteiger partial charge in [0.25, 0.3) is 5.91 Å². The van der Waals surface area contributed by atoms with Gasteiger partial charge in [-0.3, -0.25) is 14.8 Å². The molecule has 32 heavy (non-hydrogen) atoms. The summed E-state index contributed by atoms with van der Waals surface area (Å²) in [5, 5.41) is 2.57. The normalized spacial score (nSPS) is 13.5. The van der Waals surface area contributed by atoms with Crippen molar-refractivity contribution in [3.05, 3.63) is 71.8 Å². The fourth-order valence-corrected chi connectivity index (χ4v) is 2.58. The Labute approximate surface area is 180 Å². The minimum absolute atomic E-state index is 0.207. The lowest BCUT2D eigenvalue weighted by atomic mass is 10.1. The molecule has 0 radical (unpaired) electrons. The first-order valence-electron chi connectivity index (χ1n) is 9.15. The number of nitrogens with zero attached hydrogens (tertiary/aromatic N) is 3. The molecule has 1 amide bonds. The summed E-state index contributed by atoms with van der Waals surface area (Å²) in [7, 11) is 2.83. The Morgan fingerprint density at radius 1 is 1.12 bits per heavy atom. The topological polar surface area (TPSA) is 58.1 Å². The average molecular weight is 458 g/mol. The van der Waals surface area contributed by atoms with Crippen molar-refractivity contribution >= 4 is 5.91 Å². The van der Waals surface area contributed by atoms with Crippen molar-refractivity contribution in [1.82, 2.24) is 20.2 Å². The van der Waals surface area contributed by atoms with Gasteiger partial charge in [-0.1, -0.05) is 12.6 Å². The molecule has 0 saturated heterocycles. The van der Waals surface area contributed by atoms with E-state index in [1.807, 2.05) is 0 Å². The van der Waals surface area contributed by atoms with Crippen LogP contribution in [-0.2, 0) is 11.0 Å². The Bertz CT molecular complexity index is 1010. The minimum Gasteiger partial charge on any atom is -0.373 e. The van der Waals surface area contributed by atoms with Crippen molar-refractivity contribution in [3.63, 3.8) is 0 Å². The highest BCUT2D eigenvalue weighted by Crippen LogP contribution is 2.30. The van der Waals surface area contributed by atoms with Gasteiger partial charge in [0.05, 0.1) is 17.3 Å². The van der Waals surface area contributed by atoms with Gasteiger partial charge >= 0.3 is 12.4 Å². The van der Waals surface area contributed by atoms with E-state index in [1.165, 1.54) is 37.3 Å². The molecule has 2 rings (SSSR count). The quantitative estimate of drug-likeness (QED) is 0.380. The SMILES string of the molecule is C=C(/C=C(/C(=O)N[C@H](C)c1ccc(-c2ccnc(C(F)(F)F)c2)nc1)N(C)C)C(F)(F)F. The zero-order valence-corrected chi connectivity index (χ0v) is 17.3. The Morgan fingerprint density at radius 3 is 2.28 bits per heavy atom. The number of amides is 1. The molecule has 0 fully saturated rings. The first-order valence-corrected chi connectivity index (χ1v) is 9.15. The number of nitrogens with one attached hydrogen (secondary N) is 1. The van der Waals surface area contributed by atoms with Crippen LogP contribution in [0.1, 0.15) is 24.2 Å². The zero-order valence-electron chi connectivity index (χ0n) is 17.3. The van der Waals surface area contributed by atoms with Crippen molar-refractivity contribution in [3.8, 4) is 11.3 Å². The van der Waals surface area contributed by atoms with Crippen molar-refractivity contribution in [2.45, 2.75) is 25.3 Å². The Hall–Kier alpha value is -3.37. The Kier molecular flexibility index (Phi) is 7.32. The van der Waals surface area contributed by atoms with E-state index in [0.29, 0.717) is 11.6 Å². The Balaban J connectivity index is 2.19. The number of hydrogen-bond acceptors (Lipinski definition) is 4. The minimum atomic E-state index is -4.67. The van der Waals surface area contributed by atoms with E-state index in [0.717, 1.165) is 12.3 Å². The van der Waals surface area contributed by atoms with Gasteiger partial charge < -0.3 is 10.2 Å². The lowest BCUT2D eigenvalue weighted by Crippen LogP contribution is -2.33. The maximum absolute atomic E-state index is 12.8. The summed E-state index contributed by atoms with van der Waals surface area (Å²) in [4.78, 5) is 21.1. The second kappa shape index (κ2) is 9.41. The van der Waals surface area contributed by atoms with Gasteiger partial charge in [0.2, 0.25) is 0 Å². The summed E-state index contributed by atoms with van der Waals surface area (Å²) in [6, 6.07) is 4.63. The van der Waals surface area contributed by atoms with Crippen LogP contribution in [0.2, 0.25) is 0 Å². The number of allylic oxidation sites excluding steroid dienone is 2. The predicted molar refractivity (Wildman–Crippen MR) is 106 cm³/mol. The molecule has 2 aromatic rings. The molecule has 0 aliphatic carbocycles. The molecule has 0 aromatic carbocycles. The van der Waals surface area contributed by atoms with Crippen LogP contribution in [0.25, 0.3) is 11.3 Å². The standard InChI is InChI=1S/C21H20F6N4O/c1-12(20(22,23)24)9-17(31(3)4)19(32)30-13(2)15-5-6-16(29-11-15)14-7-8-28-18(10-14)21(25,26)27/h5-11,13H,1H2,2-4H3,(H,30,32)/b17-9-/t13-/m1/s1. The first-order chi connectivity index (χ1) is 14.7. The van der Waals surface area contributed by atoms with Crippen LogP contribution < -0.4 is 5.32 Å². The zero-order chi connectivity index (χ0) is 24.3. The van der Waals surface area contributed by atoms with E-state index in [1.54, 1.807) is 13.0 Å². The molecular weight excluding hydrogens is 438 g/mol. The van der Waals surface area contributed by atoms with Crippen molar-refractivity contribution < 1.29 is 31.1 Å². The highest BCUT2D eigenvalue weighted by molar-refractivity contribution is 5.93. The highest BCUT2D eigenvalue weighted by Gasteiger charge is 2.33. The third-order valence-electron chi connectivity index (χ3n) is 4.37. The van der Waals surface area contributed by atoms with Crippen molar-refractivity contribution in [2.75, 3.05) is 14.1 Å². The average Bonchev–Trinajstić information content (AvgIpc) is 2.70. The van der Waals surface area contributed by atoms with Crippen molar-refractivity contribution in [2.24, 2.45) is 0 Å². The monoisotopic (exact) mass is 458 g/mol. The summed E-state index contributed by atoms with van der Waals surface area (Å²) in [5.74, 6) is -0.763. The molecule has 0 aliphatic rings. The number of alkyl halides is 6. The van der Waals surface area contributed by atoms with E-state index < -0.39 is 35.6 Å². The number of aromatic nitrogens is 2. The van der Waals surface area contributed by atoms with Crippen LogP contribution in [0.15, 0.2) is 60.6 Å². The molecule has 0 saturated carbocycles. The molecule has 0 spiro atoms. The van der Waals surface area contributed by atoms with Gasteiger partial charge in [-0.15, -0.1) is 0 Å². The fraction of sp³-hybridized carbons (Fsp3) is 0.286. The van der Waals surface area contributed by atoms with Crippen LogP contribution in [-0.4, -0.2) is 41.0 Å². The molecule has 1 atom stereocenters. The van der Waals surface area contributed by atoms with Gasteiger partial charge in [-0.2, -0.15) is 26.3 Å².